The summed E-state index contributed by atoms with van der Waals surface area (Å²) in [5.41, 5.74) is 0.455. The summed E-state index contributed by atoms with van der Waals surface area (Å²) in [5.74, 6) is -2.60. The maximum Gasteiger partial charge on any atom is 0.372 e. The summed E-state index contributed by atoms with van der Waals surface area (Å²) in [6.07, 6.45) is 0. The average molecular weight is 268 g/mol. The molecule has 0 aliphatic carbocycles. The van der Waals surface area contributed by atoms with Gasteiger partial charge in [0.15, 0.2) is 0 Å². The molecule has 0 aliphatic heterocycles. The molecule has 0 bridgehead atoms. The highest BCUT2D eigenvalue weighted by Gasteiger charge is 2.14. The number of rotatable bonds is 4. The van der Waals surface area contributed by atoms with Crippen molar-refractivity contribution in [2.24, 2.45) is 0 Å². The number of carboxylic acid groups (broad SMARTS) is 1. The Kier molecular flexibility index (Phi) is 3.50. The molecule has 1 aromatic carbocycles. The second kappa shape index (κ2) is 5.09. The second-order valence-corrected chi connectivity index (χ2v) is 3.92. The van der Waals surface area contributed by atoms with Crippen LogP contribution in [-0.4, -0.2) is 11.1 Å². The van der Waals surface area contributed by atoms with Gasteiger partial charge in [-0.05, 0) is 13.0 Å². The molecule has 1 heterocycles. The Bertz CT molecular complexity index is 599. The van der Waals surface area contributed by atoms with Crippen LogP contribution in [0.3, 0.4) is 0 Å². The Balaban J connectivity index is 2.10. The number of halogens is 2. The first-order chi connectivity index (χ1) is 8.95. The van der Waals surface area contributed by atoms with E-state index in [0.29, 0.717) is 5.56 Å². The van der Waals surface area contributed by atoms with E-state index in [2.05, 4.69) is 0 Å². The molecule has 0 spiro atoms. The molecule has 0 fully saturated rings. The fourth-order valence-electron chi connectivity index (χ4n) is 1.60. The lowest BCUT2D eigenvalue weighted by Crippen LogP contribution is -1.96. The van der Waals surface area contributed by atoms with Crippen LogP contribution in [0, 0.1) is 18.6 Å². The predicted molar refractivity (Wildman–Crippen MR) is 61.1 cm³/mol. The highest BCUT2D eigenvalue weighted by Crippen LogP contribution is 2.19. The van der Waals surface area contributed by atoms with Gasteiger partial charge in [0.25, 0.3) is 0 Å². The lowest BCUT2D eigenvalue weighted by Gasteiger charge is -2.04. The summed E-state index contributed by atoms with van der Waals surface area (Å²) in [6, 6.07) is 4.28. The third-order valence-electron chi connectivity index (χ3n) is 2.38. The van der Waals surface area contributed by atoms with Crippen LogP contribution in [0.25, 0.3) is 0 Å². The van der Waals surface area contributed by atoms with Crippen LogP contribution in [0.15, 0.2) is 28.7 Å². The highest BCUT2D eigenvalue weighted by atomic mass is 19.1. The van der Waals surface area contributed by atoms with Gasteiger partial charge in [-0.2, -0.15) is 0 Å². The van der Waals surface area contributed by atoms with E-state index in [-0.39, 0.29) is 23.9 Å². The number of ether oxygens (including phenoxy) is 1. The predicted octanol–water partition coefficient (Wildman–Crippen LogP) is 3.14. The molecule has 0 aliphatic rings. The number of aryl methyl sites for hydroxylation is 1. The molecule has 2 rings (SSSR count). The first kappa shape index (κ1) is 13.1. The van der Waals surface area contributed by atoms with Crippen molar-refractivity contribution >= 4 is 5.97 Å². The van der Waals surface area contributed by atoms with E-state index < -0.39 is 17.6 Å². The minimum Gasteiger partial charge on any atom is -0.485 e. The van der Waals surface area contributed by atoms with Crippen molar-refractivity contribution in [2.45, 2.75) is 13.5 Å². The van der Waals surface area contributed by atoms with Gasteiger partial charge in [0.2, 0.25) is 5.76 Å². The monoisotopic (exact) mass is 268 g/mol. The van der Waals surface area contributed by atoms with Crippen molar-refractivity contribution in [3.8, 4) is 5.75 Å². The van der Waals surface area contributed by atoms with Crippen LogP contribution >= 0.6 is 0 Å². The zero-order valence-electron chi connectivity index (χ0n) is 9.94. The Morgan fingerprint density at radius 2 is 1.89 bits per heavy atom. The molecular formula is C13H10F2O4. The fourth-order valence-corrected chi connectivity index (χ4v) is 1.60. The van der Waals surface area contributed by atoms with Gasteiger partial charge in [0, 0.05) is 23.8 Å². The molecule has 1 N–H and O–H groups in total. The van der Waals surface area contributed by atoms with Gasteiger partial charge in [0.05, 0.1) is 0 Å². The van der Waals surface area contributed by atoms with Crippen LogP contribution in [0.2, 0.25) is 0 Å². The molecular weight excluding hydrogens is 258 g/mol. The number of benzene rings is 1. The number of aromatic carboxylic acids is 1. The summed E-state index contributed by atoms with van der Waals surface area (Å²) in [6.45, 7) is 1.47. The molecule has 0 saturated heterocycles. The summed E-state index contributed by atoms with van der Waals surface area (Å²) < 4.78 is 36.0. The maximum absolute atomic E-state index is 12.9. The minimum atomic E-state index is -1.18. The maximum atomic E-state index is 12.9. The van der Waals surface area contributed by atoms with E-state index in [4.69, 9.17) is 14.3 Å². The first-order valence-electron chi connectivity index (χ1n) is 5.37. The second-order valence-electron chi connectivity index (χ2n) is 3.92. The largest absolute Gasteiger partial charge is 0.485 e. The van der Waals surface area contributed by atoms with Gasteiger partial charge in [-0.3, -0.25) is 0 Å². The van der Waals surface area contributed by atoms with Gasteiger partial charge in [-0.15, -0.1) is 0 Å². The van der Waals surface area contributed by atoms with Crippen molar-refractivity contribution in [3.63, 3.8) is 0 Å². The highest BCUT2D eigenvalue weighted by molar-refractivity contribution is 5.86. The Morgan fingerprint density at radius 1 is 1.26 bits per heavy atom. The standard InChI is InChI=1S/C13H10F2O4/c1-7-2-11(19-12(7)13(16)17)6-18-10-4-8(14)3-9(15)5-10/h2-5H,6H2,1H3,(H,16,17). The summed E-state index contributed by atoms with van der Waals surface area (Å²) >= 11 is 0. The third-order valence-corrected chi connectivity index (χ3v) is 2.38. The normalized spacial score (nSPS) is 10.5. The van der Waals surface area contributed by atoms with E-state index in [1.165, 1.54) is 6.07 Å². The third kappa shape index (κ3) is 3.09. The van der Waals surface area contributed by atoms with Crippen LogP contribution in [-0.2, 0) is 6.61 Å². The SMILES string of the molecule is Cc1cc(COc2cc(F)cc(F)c2)oc1C(=O)O. The molecule has 0 saturated carbocycles. The molecule has 0 radical (unpaired) electrons. The summed E-state index contributed by atoms with van der Waals surface area (Å²) in [7, 11) is 0. The van der Waals surface area contributed by atoms with E-state index in [0.717, 1.165) is 18.2 Å². The van der Waals surface area contributed by atoms with Crippen LogP contribution in [0.5, 0.6) is 5.75 Å². The van der Waals surface area contributed by atoms with Crippen LogP contribution in [0.1, 0.15) is 21.9 Å². The van der Waals surface area contributed by atoms with E-state index in [1.54, 1.807) is 6.92 Å². The number of hydrogen-bond donors (Lipinski definition) is 1. The Morgan fingerprint density at radius 3 is 2.42 bits per heavy atom. The lowest BCUT2D eigenvalue weighted by molar-refractivity contribution is 0.0657. The molecule has 6 heteroatoms. The zero-order chi connectivity index (χ0) is 14.0. The molecule has 1 aromatic heterocycles. The van der Waals surface area contributed by atoms with Crippen LogP contribution in [0.4, 0.5) is 8.78 Å². The number of carboxylic acids is 1. The van der Waals surface area contributed by atoms with Crippen molar-refractivity contribution in [3.05, 3.63) is 53.0 Å². The van der Waals surface area contributed by atoms with Crippen molar-refractivity contribution in [1.29, 1.82) is 0 Å². The van der Waals surface area contributed by atoms with E-state index in [1.807, 2.05) is 0 Å². The van der Waals surface area contributed by atoms with Gasteiger partial charge >= 0.3 is 5.97 Å². The van der Waals surface area contributed by atoms with Gasteiger partial charge in [-0.25, -0.2) is 13.6 Å². The zero-order valence-corrected chi connectivity index (χ0v) is 9.94. The molecule has 100 valence electrons. The Labute approximate surface area is 107 Å². The topological polar surface area (TPSA) is 59.7 Å². The number of hydrogen-bond acceptors (Lipinski definition) is 3. The molecule has 0 atom stereocenters. The summed E-state index contributed by atoms with van der Waals surface area (Å²) in [5, 5.41) is 8.80. The molecule has 0 amide bonds. The quantitative estimate of drug-likeness (QED) is 0.925. The van der Waals surface area contributed by atoms with E-state index >= 15 is 0 Å². The molecule has 2 aromatic rings. The average Bonchev–Trinajstić information content (AvgIpc) is 2.67. The first-order valence-corrected chi connectivity index (χ1v) is 5.37. The minimum absolute atomic E-state index is 0.00317. The van der Waals surface area contributed by atoms with Crippen LogP contribution < -0.4 is 4.74 Å². The van der Waals surface area contributed by atoms with Gasteiger partial charge in [0.1, 0.15) is 29.8 Å². The molecule has 19 heavy (non-hydrogen) atoms. The number of furan rings is 1. The lowest BCUT2D eigenvalue weighted by atomic mass is 10.2. The fraction of sp³-hybridized carbons (Fsp3) is 0.154. The van der Waals surface area contributed by atoms with Gasteiger partial charge < -0.3 is 14.3 Å². The number of carbonyl (C=O) groups is 1. The molecule has 0 unspecified atom stereocenters. The summed E-state index contributed by atoms with van der Waals surface area (Å²) in [4.78, 5) is 10.8. The Hall–Kier alpha value is -2.37. The van der Waals surface area contributed by atoms with E-state index in [9.17, 15) is 13.6 Å². The van der Waals surface area contributed by atoms with Crippen molar-refractivity contribution in [2.75, 3.05) is 0 Å². The van der Waals surface area contributed by atoms with Gasteiger partial charge in [-0.1, -0.05) is 0 Å². The van der Waals surface area contributed by atoms with Crippen molar-refractivity contribution in [1.82, 2.24) is 0 Å². The van der Waals surface area contributed by atoms with Crippen molar-refractivity contribution < 1.29 is 27.8 Å². The molecule has 4 nitrogen and oxygen atoms in total. The smallest absolute Gasteiger partial charge is 0.372 e.